The normalized spacial score (nSPS) is 17.2. The van der Waals surface area contributed by atoms with Gasteiger partial charge in [0.15, 0.2) is 0 Å². The van der Waals surface area contributed by atoms with E-state index in [-0.39, 0.29) is 25.2 Å². The highest BCUT2D eigenvalue weighted by Crippen LogP contribution is 2.32. The maximum absolute atomic E-state index is 13.0. The number of halogens is 7. The number of alkyl halides is 6. The van der Waals surface area contributed by atoms with Gasteiger partial charge in [-0.1, -0.05) is 57.9 Å². The molecule has 0 saturated heterocycles. The van der Waals surface area contributed by atoms with Crippen molar-refractivity contribution in [2.75, 3.05) is 6.61 Å². The van der Waals surface area contributed by atoms with Gasteiger partial charge in [0.25, 0.3) is 0 Å². The number of hydrogen-bond acceptors (Lipinski definition) is 5. The molecule has 0 amide bonds. The van der Waals surface area contributed by atoms with Crippen LogP contribution in [-0.2, 0) is 39.6 Å². The number of carbonyl (C=O) groups is 1. The number of hydrogen-bond donors (Lipinski definition) is 1. The quantitative estimate of drug-likeness (QED) is 0.162. The largest absolute Gasteiger partial charge is 0.481 e. The number of aryl methyl sites for hydroxylation is 2. The average Bonchev–Trinajstić information content (AvgIpc) is 3.42. The van der Waals surface area contributed by atoms with Gasteiger partial charge in [-0.15, -0.1) is 0 Å². The first-order valence-electron chi connectivity index (χ1n) is 15.6. The van der Waals surface area contributed by atoms with E-state index < -0.39 is 35.4 Å². The van der Waals surface area contributed by atoms with Crippen LogP contribution >= 0.6 is 15.9 Å². The number of carboxylic acid groups (broad SMARTS) is 1. The summed E-state index contributed by atoms with van der Waals surface area (Å²) in [6, 6.07) is 17.7. The minimum atomic E-state index is -4.48. The molecule has 1 unspecified atom stereocenters. The molecular weight excluding hydrogens is 720 g/mol. The van der Waals surface area contributed by atoms with Crippen LogP contribution in [0.1, 0.15) is 59.4 Å². The first kappa shape index (κ1) is 38.1. The Kier molecular flexibility index (Phi) is 13.1. The molecule has 1 aromatic heterocycles. The highest BCUT2D eigenvalue weighted by molar-refractivity contribution is 9.10. The van der Waals surface area contributed by atoms with Crippen LogP contribution in [0.2, 0.25) is 0 Å². The number of benzene rings is 3. The SMILES string of the molecule is Cc1cccc(-c2nc(CO[C@H]3CCC[C@@H](OCC(Cc4cccc(C(F)(F)F)c4)C(=O)O)C3)c(C)o2)c1.FC(F)(F)c1cccc(Br)c1. The van der Waals surface area contributed by atoms with Crippen LogP contribution in [0.4, 0.5) is 26.3 Å². The Morgan fingerprint density at radius 1 is 0.918 bits per heavy atom. The predicted octanol–water partition coefficient (Wildman–Crippen LogP) is 10.2. The van der Waals surface area contributed by atoms with Gasteiger partial charge in [0.2, 0.25) is 5.89 Å². The zero-order valence-electron chi connectivity index (χ0n) is 26.8. The third-order valence-corrected chi connectivity index (χ3v) is 8.46. The Balaban J connectivity index is 0.000000418. The summed E-state index contributed by atoms with van der Waals surface area (Å²) in [6.07, 6.45) is -5.91. The van der Waals surface area contributed by atoms with Crippen molar-refractivity contribution >= 4 is 21.9 Å². The minimum absolute atomic E-state index is 0.0411. The monoisotopic (exact) mass is 755 g/mol. The van der Waals surface area contributed by atoms with E-state index in [1.54, 1.807) is 6.07 Å². The van der Waals surface area contributed by atoms with Crippen LogP contribution in [0.15, 0.2) is 81.7 Å². The van der Waals surface area contributed by atoms with Gasteiger partial charge >= 0.3 is 18.3 Å². The third-order valence-electron chi connectivity index (χ3n) is 7.96. The Labute approximate surface area is 288 Å². The van der Waals surface area contributed by atoms with Crippen molar-refractivity contribution in [3.63, 3.8) is 0 Å². The molecule has 3 aromatic carbocycles. The Morgan fingerprint density at radius 3 is 2.16 bits per heavy atom. The van der Waals surface area contributed by atoms with E-state index in [1.165, 1.54) is 18.2 Å². The molecule has 5 rings (SSSR count). The van der Waals surface area contributed by atoms with E-state index in [2.05, 4.69) is 20.9 Å². The predicted molar refractivity (Wildman–Crippen MR) is 174 cm³/mol. The second kappa shape index (κ2) is 16.8. The Morgan fingerprint density at radius 2 is 1.55 bits per heavy atom. The second-order valence-corrected chi connectivity index (χ2v) is 12.8. The summed E-state index contributed by atoms with van der Waals surface area (Å²) >= 11 is 2.95. The van der Waals surface area contributed by atoms with Gasteiger partial charge in [-0.05, 0) is 87.9 Å². The molecule has 0 radical (unpaired) electrons. The highest BCUT2D eigenvalue weighted by atomic mass is 79.9. The molecule has 0 spiro atoms. The zero-order chi connectivity index (χ0) is 35.8. The fraction of sp³-hybridized carbons (Fsp3) is 0.389. The maximum Gasteiger partial charge on any atom is 0.416 e. The lowest BCUT2D eigenvalue weighted by Crippen LogP contribution is -2.31. The van der Waals surface area contributed by atoms with Crippen molar-refractivity contribution in [2.45, 2.75) is 77.1 Å². The molecule has 1 aliphatic carbocycles. The van der Waals surface area contributed by atoms with Gasteiger partial charge in [-0.3, -0.25) is 4.79 Å². The van der Waals surface area contributed by atoms with Gasteiger partial charge in [0.1, 0.15) is 11.5 Å². The van der Waals surface area contributed by atoms with Gasteiger partial charge in [-0.25, -0.2) is 4.98 Å². The van der Waals surface area contributed by atoms with E-state index in [9.17, 15) is 36.2 Å². The van der Waals surface area contributed by atoms with Crippen molar-refractivity contribution in [1.29, 1.82) is 0 Å². The topological polar surface area (TPSA) is 81.8 Å². The summed E-state index contributed by atoms with van der Waals surface area (Å²) in [6.45, 7) is 4.08. The highest BCUT2D eigenvalue weighted by Gasteiger charge is 2.32. The van der Waals surface area contributed by atoms with Crippen LogP contribution in [0.3, 0.4) is 0 Å². The molecule has 1 N–H and O–H groups in total. The maximum atomic E-state index is 13.0. The molecule has 1 fully saturated rings. The lowest BCUT2D eigenvalue weighted by Gasteiger charge is -2.30. The van der Waals surface area contributed by atoms with Crippen LogP contribution < -0.4 is 0 Å². The van der Waals surface area contributed by atoms with Crippen molar-refractivity contribution in [1.82, 2.24) is 4.98 Å². The number of oxazole rings is 1. The van der Waals surface area contributed by atoms with Gasteiger partial charge in [0, 0.05) is 10.0 Å². The van der Waals surface area contributed by atoms with Gasteiger partial charge in [0.05, 0.1) is 42.5 Å². The summed E-state index contributed by atoms with van der Waals surface area (Å²) in [4.78, 5) is 16.4. The molecular formula is C36H36BrF6NO5. The smallest absolute Gasteiger partial charge is 0.416 e. The average molecular weight is 757 g/mol. The van der Waals surface area contributed by atoms with Crippen molar-refractivity contribution < 1.29 is 50.1 Å². The van der Waals surface area contributed by atoms with Gasteiger partial charge in [-0.2, -0.15) is 26.3 Å². The standard InChI is InChI=1S/C29H32F3NO5.C7H4BrF3/c1-18-6-3-8-21(12-18)27-33-26(19(2)38-27)17-37-25-11-5-10-24(15-25)36-16-22(28(34)35)13-20-7-4-9-23(14-20)29(30,31)32;8-6-3-1-2-5(4-6)7(9,10)11/h3-4,6-9,12,14,22,24-25H,5,10-11,13,15-17H2,1-2H3,(H,34,35);1-4H/t22?,24-,25+;/m1./s1. The van der Waals surface area contributed by atoms with E-state index in [0.29, 0.717) is 34.7 Å². The summed E-state index contributed by atoms with van der Waals surface area (Å²) < 4.78 is 93.2. The fourth-order valence-corrected chi connectivity index (χ4v) is 5.76. The van der Waals surface area contributed by atoms with Crippen LogP contribution in [-0.4, -0.2) is 34.9 Å². The molecule has 3 atom stereocenters. The first-order valence-corrected chi connectivity index (χ1v) is 16.4. The summed E-state index contributed by atoms with van der Waals surface area (Å²) in [5.41, 5.74) is 1.64. The second-order valence-electron chi connectivity index (χ2n) is 11.9. The number of aromatic nitrogens is 1. The summed E-state index contributed by atoms with van der Waals surface area (Å²) in [5, 5.41) is 9.64. The number of carboxylic acids is 1. The van der Waals surface area contributed by atoms with Crippen molar-refractivity contribution in [3.8, 4) is 11.5 Å². The van der Waals surface area contributed by atoms with E-state index >= 15 is 0 Å². The Bertz CT molecular complexity index is 1690. The molecule has 1 heterocycles. The summed E-state index contributed by atoms with van der Waals surface area (Å²) in [7, 11) is 0. The first-order chi connectivity index (χ1) is 23.1. The molecule has 1 aliphatic rings. The number of rotatable bonds is 10. The lowest BCUT2D eigenvalue weighted by atomic mass is 9.94. The fourth-order valence-electron chi connectivity index (χ4n) is 5.36. The van der Waals surface area contributed by atoms with Crippen molar-refractivity contribution in [3.05, 3.63) is 111 Å². The molecule has 0 aliphatic heterocycles. The molecule has 4 aromatic rings. The Hall–Kier alpha value is -3.68. The van der Waals surface area contributed by atoms with Crippen LogP contribution in [0, 0.1) is 19.8 Å². The molecule has 49 heavy (non-hydrogen) atoms. The van der Waals surface area contributed by atoms with E-state index in [1.807, 2.05) is 38.1 Å². The lowest BCUT2D eigenvalue weighted by molar-refractivity contribution is -0.145. The van der Waals surface area contributed by atoms with Crippen LogP contribution in [0.25, 0.3) is 11.5 Å². The molecule has 6 nitrogen and oxygen atoms in total. The molecule has 0 bridgehead atoms. The molecule has 1 saturated carbocycles. The van der Waals surface area contributed by atoms with E-state index in [4.69, 9.17) is 13.9 Å². The summed E-state index contributed by atoms with van der Waals surface area (Å²) in [5.74, 6) is -0.798. The van der Waals surface area contributed by atoms with Gasteiger partial charge < -0.3 is 19.0 Å². The zero-order valence-corrected chi connectivity index (χ0v) is 28.4. The number of aliphatic carboxylic acids is 1. The molecule has 264 valence electrons. The van der Waals surface area contributed by atoms with Crippen molar-refractivity contribution in [2.24, 2.45) is 5.92 Å². The van der Waals surface area contributed by atoms with Crippen LogP contribution in [0.5, 0.6) is 0 Å². The minimum Gasteiger partial charge on any atom is -0.481 e. The number of nitrogens with zero attached hydrogens (tertiary/aromatic N) is 1. The third kappa shape index (κ3) is 11.7. The molecule has 13 heteroatoms. The number of ether oxygens (including phenoxy) is 2. The van der Waals surface area contributed by atoms with E-state index in [0.717, 1.165) is 60.3 Å².